The zero-order chi connectivity index (χ0) is 24.4. The van der Waals surface area contributed by atoms with E-state index in [0.717, 1.165) is 29.6 Å². The van der Waals surface area contributed by atoms with Crippen molar-refractivity contribution in [3.63, 3.8) is 0 Å². The van der Waals surface area contributed by atoms with Gasteiger partial charge in [0.2, 0.25) is 0 Å². The van der Waals surface area contributed by atoms with Crippen LogP contribution in [0.1, 0.15) is 91.4 Å². The first-order valence-corrected chi connectivity index (χ1v) is 14.1. The zero-order valence-electron chi connectivity index (χ0n) is 22.3. The van der Waals surface area contributed by atoms with Gasteiger partial charge in [-0.3, -0.25) is 0 Å². The molecule has 0 bridgehead atoms. The van der Waals surface area contributed by atoms with Gasteiger partial charge in [-0.25, -0.2) is 0 Å². The minimum atomic E-state index is 0.420. The molecular formula is C30H52O4. The van der Waals surface area contributed by atoms with Gasteiger partial charge in [0, 0.05) is 0 Å². The van der Waals surface area contributed by atoms with Crippen LogP contribution in [0.15, 0.2) is 25.7 Å². The van der Waals surface area contributed by atoms with E-state index in [1.165, 1.54) is 83.2 Å². The van der Waals surface area contributed by atoms with Gasteiger partial charge in [-0.15, -0.1) is 0 Å². The molecular weight excluding hydrogens is 424 g/mol. The third-order valence-electron chi connectivity index (χ3n) is 9.49. The van der Waals surface area contributed by atoms with Crippen molar-refractivity contribution < 1.29 is 18.9 Å². The fourth-order valence-electron chi connectivity index (χ4n) is 7.52. The Morgan fingerprint density at radius 3 is 1.79 bits per heavy atom. The summed E-state index contributed by atoms with van der Waals surface area (Å²) in [5.41, 5.74) is 0.502. The number of ether oxygens (including phenoxy) is 4. The highest BCUT2D eigenvalue weighted by Gasteiger charge is 2.46. The summed E-state index contributed by atoms with van der Waals surface area (Å²) in [7, 11) is 0. The first-order valence-electron chi connectivity index (χ1n) is 14.1. The van der Waals surface area contributed by atoms with Crippen LogP contribution in [0.4, 0.5) is 0 Å². The third-order valence-corrected chi connectivity index (χ3v) is 9.49. The molecule has 3 rings (SSSR count). The summed E-state index contributed by atoms with van der Waals surface area (Å²) < 4.78 is 22.6. The van der Waals surface area contributed by atoms with Crippen LogP contribution in [-0.2, 0) is 18.9 Å². The molecule has 3 saturated carbocycles. The van der Waals surface area contributed by atoms with E-state index in [1.54, 1.807) is 0 Å². The summed E-state index contributed by atoms with van der Waals surface area (Å²) in [6, 6.07) is 0. The van der Waals surface area contributed by atoms with Crippen LogP contribution in [0.3, 0.4) is 0 Å². The lowest BCUT2D eigenvalue weighted by molar-refractivity contribution is -0.0566. The van der Waals surface area contributed by atoms with Crippen molar-refractivity contribution in [1.29, 1.82) is 0 Å². The molecule has 0 aromatic heterocycles. The molecule has 0 N–H and O–H groups in total. The first-order chi connectivity index (χ1) is 16.5. The van der Waals surface area contributed by atoms with E-state index in [2.05, 4.69) is 33.9 Å². The molecule has 3 fully saturated rings. The van der Waals surface area contributed by atoms with Gasteiger partial charge in [-0.05, 0) is 106 Å². The molecule has 0 spiro atoms. The molecule has 0 saturated heterocycles. The summed E-state index contributed by atoms with van der Waals surface area (Å²) in [5.74, 6) is 4.30. The average Bonchev–Trinajstić information content (AvgIpc) is 2.85. The molecule has 196 valence electrons. The third kappa shape index (κ3) is 7.75. The highest BCUT2D eigenvalue weighted by atomic mass is 16.5. The van der Waals surface area contributed by atoms with Crippen molar-refractivity contribution in [2.75, 3.05) is 26.4 Å². The second-order valence-corrected chi connectivity index (χ2v) is 11.8. The average molecular weight is 477 g/mol. The van der Waals surface area contributed by atoms with Crippen LogP contribution in [-0.4, -0.2) is 38.6 Å². The number of rotatable bonds is 13. The van der Waals surface area contributed by atoms with Crippen molar-refractivity contribution in [3.05, 3.63) is 25.7 Å². The maximum absolute atomic E-state index is 6.09. The van der Waals surface area contributed by atoms with Crippen molar-refractivity contribution in [2.45, 2.75) is 104 Å². The maximum Gasteiger partial charge on any atom is 0.111 e. The highest BCUT2D eigenvalue weighted by molar-refractivity contribution is 4.97. The van der Waals surface area contributed by atoms with Crippen LogP contribution < -0.4 is 0 Å². The Morgan fingerprint density at radius 1 is 0.765 bits per heavy atom. The molecule has 3 unspecified atom stereocenters. The highest BCUT2D eigenvalue weighted by Crippen LogP contribution is 2.55. The summed E-state index contributed by atoms with van der Waals surface area (Å²) in [6.07, 6.45) is 18.3. The minimum Gasteiger partial charge on any atom is -0.499 e. The topological polar surface area (TPSA) is 36.9 Å². The van der Waals surface area contributed by atoms with E-state index < -0.39 is 0 Å². The molecule has 0 aliphatic heterocycles. The van der Waals surface area contributed by atoms with Gasteiger partial charge in [0.15, 0.2) is 0 Å². The smallest absolute Gasteiger partial charge is 0.111 e. The van der Waals surface area contributed by atoms with Gasteiger partial charge >= 0.3 is 0 Å². The zero-order valence-corrected chi connectivity index (χ0v) is 22.3. The molecule has 3 atom stereocenters. The predicted molar refractivity (Wildman–Crippen MR) is 139 cm³/mol. The Kier molecular flexibility index (Phi) is 11.3. The van der Waals surface area contributed by atoms with Gasteiger partial charge in [-0.1, -0.05) is 33.9 Å². The van der Waals surface area contributed by atoms with E-state index in [-0.39, 0.29) is 0 Å². The molecule has 3 aliphatic carbocycles. The summed E-state index contributed by atoms with van der Waals surface area (Å²) in [4.78, 5) is 0. The lowest BCUT2D eigenvalue weighted by Crippen LogP contribution is -2.44. The van der Waals surface area contributed by atoms with E-state index in [1.807, 2.05) is 0 Å². The first kappa shape index (κ1) is 27.6. The minimum absolute atomic E-state index is 0.420. The Morgan fingerprint density at radius 2 is 1.29 bits per heavy atom. The summed E-state index contributed by atoms with van der Waals surface area (Å²) in [6.45, 7) is 17.4. The Hall–Kier alpha value is -1.00. The summed E-state index contributed by atoms with van der Waals surface area (Å²) >= 11 is 0. The number of hydrogen-bond donors (Lipinski definition) is 0. The Bertz CT molecular complexity index is 589. The van der Waals surface area contributed by atoms with E-state index in [9.17, 15) is 0 Å². The lowest BCUT2D eigenvalue weighted by atomic mass is 9.53. The van der Waals surface area contributed by atoms with Crippen molar-refractivity contribution in [2.24, 2.45) is 35.0 Å². The van der Waals surface area contributed by atoms with Crippen LogP contribution in [0.5, 0.6) is 0 Å². The van der Waals surface area contributed by atoms with Gasteiger partial charge in [0.25, 0.3) is 0 Å². The fraction of sp³-hybridized carbons (Fsp3) is 0.867. The van der Waals surface area contributed by atoms with Crippen molar-refractivity contribution in [1.82, 2.24) is 0 Å². The van der Waals surface area contributed by atoms with Crippen LogP contribution >= 0.6 is 0 Å². The normalized spacial score (nSPS) is 36.7. The second-order valence-electron chi connectivity index (χ2n) is 11.8. The van der Waals surface area contributed by atoms with Crippen molar-refractivity contribution in [3.8, 4) is 0 Å². The molecule has 0 amide bonds. The van der Waals surface area contributed by atoms with E-state index in [0.29, 0.717) is 44.1 Å². The van der Waals surface area contributed by atoms with Crippen molar-refractivity contribution >= 4 is 0 Å². The molecule has 0 radical (unpaired) electrons. The number of hydrogen-bond acceptors (Lipinski definition) is 4. The summed E-state index contributed by atoms with van der Waals surface area (Å²) in [5, 5.41) is 0. The molecule has 0 heterocycles. The van der Waals surface area contributed by atoms with E-state index in [4.69, 9.17) is 18.9 Å². The molecule has 4 heteroatoms. The Balaban J connectivity index is 1.51. The molecule has 0 aromatic rings. The second kappa shape index (κ2) is 13.9. The predicted octanol–water partition coefficient (Wildman–Crippen LogP) is 7.54. The monoisotopic (exact) mass is 476 g/mol. The van der Waals surface area contributed by atoms with E-state index >= 15 is 0 Å². The lowest BCUT2D eigenvalue weighted by Gasteiger charge is -2.52. The largest absolute Gasteiger partial charge is 0.499 e. The molecule has 0 aromatic carbocycles. The standard InChI is InChI=1S/C30H52O4/c1-6-31-18-20-33-26-12-8-24(9-13-26)29-22-30(5,17-16-28(29)23(3)4)25-10-14-27(15-11-25)34-21-19-32-7-2/h6-7,23-29H,1-2,8-22H2,3-5H3. The molecule has 4 nitrogen and oxygen atoms in total. The van der Waals surface area contributed by atoms with Crippen LogP contribution in [0.25, 0.3) is 0 Å². The van der Waals surface area contributed by atoms with Gasteiger partial charge in [0.1, 0.15) is 13.2 Å². The Labute approximate surface area is 209 Å². The van der Waals surface area contributed by atoms with Gasteiger partial charge in [0.05, 0.1) is 37.9 Å². The SMILES string of the molecule is C=COCCOC1CCC(C2CC(C)(C3CCC(OCCOC=C)CC3)CCC2C(C)C)CC1. The molecule has 3 aliphatic rings. The fourth-order valence-corrected chi connectivity index (χ4v) is 7.52. The van der Waals surface area contributed by atoms with Gasteiger partial charge in [-0.2, -0.15) is 0 Å². The molecule has 34 heavy (non-hydrogen) atoms. The van der Waals surface area contributed by atoms with Crippen LogP contribution in [0, 0.1) is 35.0 Å². The van der Waals surface area contributed by atoms with Gasteiger partial charge < -0.3 is 18.9 Å². The maximum atomic E-state index is 6.09. The quantitative estimate of drug-likeness (QED) is 0.203. The van der Waals surface area contributed by atoms with Crippen LogP contribution in [0.2, 0.25) is 0 Å².